The van der Waals surface area contributed by atoms with Gasteiger partial charge in [-0.05, 0) is 24.8 Å². The summed E-state index contributed by atoms with van der Waals surface area (Å²) in [7, 11) is 0. The van der Waals surface area contributed by atoms with E-state index in [1.165, 1.54) is 12.1 Å². The maximum absolute atomic E-state index is 13.1. The minimum atomic E-state index is -0.707. The Hall–Kier alpha value is -1.60. The lowest BCUT2D eigenvalue weighted by molar-refractivity contribution is 0.448. The Bertz CT molecular complexity index is 435. The molecule has 1 saturated carbocycles. The van der Waals surface area contributed by atoms with Gasteiger partial charge in [0.15, 0.2) is 0 Å². The van der Waals surface area contributed by atoms with Gasteiger partial charge in [-0.2, -0.15) is 5.26 Å². The number of benzene rings is 1. The second-order valence-corrected chi connectivity index (χ2v) is 3.84. The van der Waals surface area contributed by atoms with Gasteiger partial charge in [0.1, 0.15) is 23.2 Å². The number of phenolic OH excluding ortho intramolecular Hbond substituents is 1. The van der Waals surface area contributed by atoms with Gasteiger partial charge < -0.3 is 10.8 Å². The standard InChI is InChI=1S/C11H11FN2O/c12-9-4-3-7(10(14)6-1-2-6)11(15)8(9)5-13/h3-4,6,10,15H,1-2,14H2/t10-/m0/s1. The van der Waals surface area contributed by atoms with Crippen LogP contribution in [0.4, 0.5) is 4.39 Å². The number of hydrogen-bond acceptors (Lipinski definition) is 3. The molecule has 4 heteroatoms. The van der Waals surface area contributed by atoms with E-state index in [1.807, 2.05) is 0 Å². The molecule has 0 heterocycles. The van der Waals surface area contributed by atoms with Crippen LogP contribution in [0.1, 0.15) is 30.0 Å². The lowest BCUT2D eigenvalue weighted by Gasteiger charge is -2.13. The molecule has 0 radical (unpaired) electrons. The lowest BCUT2D eigenvalue weighted by atomic mass is 9.99. The first-order chi connectivity index (χ1) is 7.15. The van der Waals surface area contributed by atoms with Gasteiger partial charge >= 0.3 is 0 Å². The topological polar surface area (TPSA) is 70.0 Å². The zero-order valence-corrected chi connectivity index (χ0v) is 8.07. The molecule has 1 aromatic carbocycles. The van der Waals surface area contributed by atoms with Gasteiger partial charge in [-0.1, -0.05) is 6.07 Å². The minimum Gasteiger partial charge on any atom is -0.506 e. The molecular formula is C11H11FN2O. The average Bonchev–Trinajstić information content (AvgIpc) is 3.01. The summed E-state index contributed by atoms with van der Waals surface area (Å²) < 4.78 is 13.1. The number of phenols is 1. The first kappa shape index (κ1) is 9.94. The van der Waals surface area contributed by atoms with Crippen LogP contribution in [0.25, 0.3) is 0 Å². The average molecular weight is 206 g/mol. The molecule has 1 atom stereocenters. The number of aromatic hydroxyl groups is 1. The van der Waals surface area contributed by atoms with E-state index in [4.69, 9.17) is 11.0 Å². The third-order valence-corrected chi connectivity index (χ3v) is 2.76. The summed E-state index contributed by atoms with van der Waals surface area (Å²) in [5.74, 6) is -0.661. The molecule has 1 aliphatic carbocycles. The van der Waals surface area contributed by atoms with Crippen molar-refractivity contribution < 1.29 is 9.50 Å². The van der Waals surface area contributed by atoms with Crippen molar-refractivity contribution in [1.82, 2.24) is 0 Å². The lowest BCUT2D eigenvalue weighted by Crippen LogP contribution is -2.13. The Morgan fingerprint density at radius 3 is 2.73 bits per heavy atom. The summed E-state index contributed by atoms with van der Waals surface area (Å²) in [4.78, 5) is 0. The van der Waals surface area contributed by atoms with Crippen molar-refractivity contribution in [1.29, 1.82) is 5.26 Å². The van der Waals surface area contributed by atoms with Crippen LogP contribution < -0.4 is 5.73 Å². The van der Waals surface area contributed by atoms with E-state index >= 15 is 0 Å². The largest absolute Gasteiger partial charge is 0.506 e. The van der Waals surface area contributed by atoms with Crippen molar-refractivity contribution in [2.24, 2.45) is 11.7 Å². The molecule has 3 nitrogen and oxygen atoms in total. The molecule has 0 bridgehead atoms. The normalized spacial score (nSPS) is 17.1. The number of hydrogen-bond donors (Lipinski definition) is 2. The molecule has 0 amide bonds. The SMILES string of the molecule is N#Cc1c(F)ccc([C@@H](N)C2CC2)c1O. The predicted molar refractivity (Wildman–Crippen MR) is 52.4 cm³/mol. The maximum atomic E-state index is 13.1. The molecule has 78 valence electrons. The molecule has 1 aliphatic rings. The molecule has 0 aliphatic heterocycles. The van der Waals surface area contributed by atoms with Crippen LogP contribution in [-0.2, 0) is 0 Å². The number of nitrogens with zero attached hydrogens (tertiary/aromatic N) is 1. The highest BCUT2D eigenvalue weighted by Crippen LogP contribution is 2.42. The van der Waals surface area contributed by atoms with Crippen LogP contribution in [0.15, 0.2) is 12.1 Å². The van der Waals surface area contributed by atoms with Crippen molar-refractivity contribution in [3.05, 3.63) is 29.1 Å². The summed E-state index contributed by atoms with van der Waals surface area (Å²) >= 11 is 0. The first-order valence-electron chi connectivity index (χ1n) is 4.82. The fourth-order valence-corrected chi connectivity index (χ4v) is 1.67. The highest BCUT2D eigenvalue weighted by molar-refractivity contribution is 5.49. The van der Waals surface area contributed by atoms with Crippen molar-refractivity contribution in [3.8, 4) is 11.8 Å². The summed E-state index contributed by atoms with van der Waals surface area (Å²) in [6.07, 6.45) is 2.06. The van der Waals surface area contributed by atoms with E-state index < -0.39 is 5.82 Å². The molecular weight excluding hydrogens is 195 g/mol. The van der Waals surface area contributed by atoms with Crippen LogP contribution >= 0.6 is 0 Å². The molecule has 3 N–H and O–H groups in total. The molecule has 2 rings (SSSR count). The van der Waals surface area contributed by atoms with Crippen molar-refractivity contribution in [2.45, 2.75) is 18.9 Å². The Balaban J connectivity index is 2.44. The molecule has 1 fully saturated rings. The third-order valence-electron chi connectivity index (χ3n) is 2.76. The number of halogens is 1. The fraction of sp³-hybridized carbons (Fsp3) is 0.364. The number of nitriles is 1. The summed E-state index contributed by atoms with van der Waals surface area (Å²) in [5, 5.41) is 18.3. The third kappa shape index (κ3) is 1.66. The number of rotatable bonds is 2. The second-order valence-electron chi connectivity index (χ2n) is 3.84. The molecule has 0 saturated heterocycles. The van der Waals surface area contributed by atoms with Gasteiger partial charge in [0.2, 0.25) is 0 Å². The molecule has 1 aromatic rings. The van der Waals surface area contributed by atoms with Gasteiger partial charge in [-0.25, -0.2) is 4.39 Å². The second kappa shape index (κ2) is 3.52. The smallest absolute Gasteiger partial charge is 0.144 e. The zero-order valence-electron chi connectivity index (χ0n) is 8.07. The van der Waals surface area contributed by atoms with E-state index in [2.05, 4.69) is 0 Å². The Morgan fingerprint density at radius 1 is 1.53 bits per heavy atom. The predicted octanol–water partition coefficient (Wildman–Crippen LogP) is 1.81. The summed E-state index contributed by atoms with van der Waals surface area (Å²) in [6.45, 7) is 0. The van der Waals surface area contributed by atoms with Crippen LogP contribution in [0.2, 0.25) is 0 Å². The molecule has 15 heavy (non-hydrogen) atoms. The highest BCUT2D eigenvalue weighted by Gasteiger charge is 2.31. The van der Waals surface area contributed by atoms with E-state index in [0.29, 0.717) is 11.5 Å². The van der Waals surface area contributed by atoms with Gasteiger partial charge in [0.25, 0.3) is 0 Å². The van der Waals surface area contributed by atoms with Crippen LogP contribution in [0.5, 0.6) is 5.75 Å². The van der Waals surface area contributed by atoms with E-state index in [1.54, 1.807) is 6.07 Å². The minimum absolute atomic E-state index is 0.294. The van der Waals surface area contributed by atoms with Crippen LogP contribution in [0.3, 0.4) is 0 Å². The van der Waals surface area contributed by atoms with Gasteiger partial charge in [-0.3, -0.25) is 0 Å². The van der Waals surface area contributed by atoms with Gasteiger partial charge in [0, 0.05) is 11.6 Å². The van der Waals surface area contributed by atoms with Gasteiger partial charge in [-0.15, -0.1) is 0 Å². The van der Waals surface area contributed by atoms with Crippen molar-refractivity contribution in [3.63, 3.8) is 0 Å². The molecule has 0 spiro atoms. The van der Waals surface area contributed by atoms with E-state index in [-0.39, 0.29) is 17.4 Å². The molecule has 0 aromatic heterocycles. The van der Waals surface area contributed by atoms with Crippen molar-refractivity contribution >= 4 is 0 Å². The molecule has 0 unspecified atom stereocenters. The maximum Gasteiger partial charge on any atom is 0.144 e. The zero-order chi connectivity index (χ0) is 11.0. The highest BCUT2D eigenvalue weighted by atomic mass is 19.1. The Kier molecular flexibility index (Phi) is 2.33. The van der Waals surface area contributed by atoms with Crippen LogP contribution in [-0.4, -0.2) is 5.11 Å². The summed E-state index contributed by atoms with van der Waals surface area (Å²) in [6, 6.07) is 3.97. The van der Waals surface area contributed by atoms with Crippen molar-refractivity contribution in [2.75, 3.05) is 0 Å². The Morgan fingerprint density at radius 2 is 2.20 bits per heavy atom. The quantitative estimate of drug-likeness (QED) is 0.775. The number of nitrogens with two attached hydrogens (primary N) is 1. The first-order valence-corrected chi connectivity index (χ1v) is 4.82. The monoisotopic (exact) mass is 206 g/mol. The van der Waals surface area contributed by atoms with E-state index in [9.17, 15) is 9.50 Å². The Labute approximate surface area is 86.9 Å². The van der Waals surface area contributed by atoms with Crippen LogP contribution in [0, 0.1) is 23.1 Å². The summed E-state index contributed by atoms with van der Waals surface area (Å²) in [5.41, 5.74) is 6.03. The fourth-order valence-electron chi connectivity index (χ4n) is 1.67. The van der Waals surface area contributed by atoms with Gasteiger partial charge in [0.05, 0.1) is 0 Å². The van der Waals surface area contributed by atoms with E-state index in [0.717, 1.165) is 12.8 Å².